The molecule has 1 aromatic rings. The Kier molecular flexibility index (Phi) is 5.21. The first kappa shape index (κ1) is 13.9. The summed E-state index contributed by atoms with van der Waals surface area (Å²) >= 11 is 0. The van der Waals surface area contributed by atoms with Crippen LogP contribution >= 0.6 is 0 Å². The second kappa shape index (κ2) is 7.14. The van der Waals surface area contributed by atoms with Gasteiger partial charge in [0.2, 0.25) is 5.91 Å². The fourth-order valence-electron chi connectivity index (χ4n) is 2.17. The molecule has 2 rings (SSSR count). The van der Waals surface area contributed by atoms with Crippen LogP contribution < -0.4 is 4.74 Å². The Morgan fingerprint density at radius 3 is 2.95 bits per heavy atom. The van der Waals surface area contributed by atoms with Crippen molar-refractivity contribution < 1.29 is 14.3 Å². The number of hydrogen-bond acceptors (Lipinski definition) is 3. The number of morpholine rings is 1. The number of benzene rings is 1. The third-order valence-electron chi connectivity index (χ3n) is 3.23. The summed E-state index contributed by atoms with van der Waals surface area (Å²) in [4.78, 5) is 13.9. The summed E-state index contributed by atoms with van der Waals surface area (Å²) < 4.78 is 10.9. The van der Waals surface area contributed by atoms with Gasteiger partial charge in [0.25, 0.3) is 0 Å². The Labute approximate surface area is 114 Å². The molecule has 0 aromatic heterocycles. The van der Waals surface area contributed by atoms with Gasteiger partial charge in [-0.15, -0.1) is 0 Å². The lowest BCUT2D eigenvalue weighted by Crippen LogP contribution is -2.47. The second-order valence-electron chi connectivity index (χ2n) is 4.78. The fraction of sp³-hybridized carbons (Fsp3) is 0.533. The van der Waals surface area contributed by atoms with Crippen LogP contribution in [-0.4, -0.2) is 43.2 Å². The number of carbonyl (C=O) groups is 1. The molecule has 104 valence electrons. The van der Waals surface area contributed by atoms with Crippen LogP contribution in [0.1, 0.15) is 19.8 Å². The number of amides is 1. The second-order valence-corrected chi connectivity index (χ2v) is 4.78. The molecular weight excluding hydrogens is 242 g/mol. The van der Waals surface area contributed by atoms with Gasteiger partial charge in [-0.05, 0) is 25.5 Å². The topological polar surface area (TPSA) is 38.8 Å². The SMILES string of the molecule is CC1COCCN1C(=O)CCCOc1ccccc1. The zero-order valence-electron chi connectivity index (χ0n) is 11.4. The summed E-state index contributed by atoms with van der Waals surface area (Å²) in [6, 6.07) is 9.87. The number of para-hydroxylation sites is 1. The van der Waals surface area contributed by atoms with E-state index in [1.807, 2.05) is 42.2 Å². The van der Waals surface area contributed by atoms with Crippen LogP contribution in [0.15, 0.2) is 30.3 Å². The number of rotatable bonds is 5. The maximum atomic E-state index is 12.0. The zero-order chi connectivity index (χ0) is 13.5. The van der Waals surface area contributed by atoms with E-state index in [1.165, 1.54) is 0 Å². The summed E-state index contributed by atoms with van der Waals surface area (Å²) in [5.41, 5.74) is 0. The number of carbonyl (C=O) groups excluding carboxylic acids is 1. The first-order valence-corrected chi connectivity index (χ1v) is 6.82. The Morgan fingerprint density at radius 2 is 2.21 bits per heavy atom. The highest BCUT2D eigenvalue weighted by Gasteiger charge is 2.22. The van der Waals surface area contributed by atoms with Gasteiger partial charge < -0.3 is 14.4 Å². The lowest BCUT2D eigenvalue weighted by atomic mass is 10.2. The lowest BCUT2D eigenvalue weighted by molar-refractivity contribution is -0.139. The standard InChI is InChI=1S/C15H21NO3/c1-13-12-18-11-9-16(13)15(17)8-5-10-19-14-6-3-2-4-7-14/h2-4,6-7,13H,5,8-12H2,1H3. The van der Waals surface area contributed by atoms with E-state index in [4.69, 9.17) is 9.47 Å². The van der Waals surface area contributed by atoms with Gasteiger partial charge >= 0.3 is 0 Å². The van der Waals surface area contributed by atoms with E-state index in [0.29, 0.717) is 32.8 Å². The highest BCUT2D eigenvalue weighted by atomic mass is 16.5. The van der Waals surface area contributed by atoms with E-state index in [9.17, 15) is 4.79 Å². The van der Waals surface area contributed by atoms with Crippen LogP contribution in [0.5, 0.6) is 5.75 Å². The quantitative estimate of drug-likeness (QED) is 0.764. The number of nitrogens with zero attached hydrogens (tertiary/aromatic N) is 1. The Hall–Kier alpha value is -1.55. The maximum absolute atomic E-state index is 12.0. The van der Waals surface area contributed by atoms with Gasteiger partial charge in [0.1, 0.15) is 5.75 Å². The summed E-state index contributed by atoms with van der Waals surface area (Å²) in [6.45, 7) is 4.61. The van der Waals surface area contributed by atoms with E-state index in [1.54, 1.807) is 0 Å². The smallest absolute Gasteiger partial charge is 0.223 e. The van der Waals surface area contributed by atoms with E-state index in [-0.39, 0.29) is 11.9 Å². The largest absolute Gasteiger partial charge is 0.494 e. The summed E-state index contributed by atoms with van der Waals surface area (Å²) in [5.74, 6) is 1.06. The monoisotopic (exact) mass is 263 g/mol. The molecular formula is C15H21NO3. The highest BCUT2D eigenvalue weighted by Crippen LogP contribution is 2.11. The molecule has 1 atom stereocenters. The lowest BCUT2D eigenvalue weighted by Gasteiger charge is -2.33. The van der Waals surface area contributed by atoms with Crippen molar-refractivity contribution in [2.24, 2.45) is 0 Å². The number of hydrogen-bond donors (Lipinski definition) is 0. The van der Waals surface area contributed by atoms with Gasteiger partial charge in [0.05, 0.1) is 25.9 Å². The molecule has 1 saturated heterocycles. The molecule has 0 saturated carbocycles. The molecule has 1 unspecified atom stereocenters. The Bertz CT molecular complexity index is 394. The minimum atomic E-state index is 0.191. The van der Waals surface area contributed by atoms with Gasteiger partial charge in [0.15, 0.2) is 0 Å². The first-order valence-electron chi connectivity index (χ1n) is 6.82. The molecule has 1 aliphatic heterocycles. The predicted molar refractivity (Wildman–Crippen MR) is 73.2 cm³/mol. The summed E-state index contributed by atoms with van der Waals surface area (Å²) in [7, 11) is 0. The molecule has 0 aliphatic carbocycles. The minimum absolute atomic E-state index is 0.191. The average molecular weight is 263 g/mol. The van der Waals surface area contributed by atoms with Gasteiger partial charge in [-0.2, -0.15) is 0 Å². The Morgan fingerprint density at radius 1 is 1.42 bits per heavy atom. The molecule has 1 amide bonds. The fourth-order valence-corrected chi connectivity index (χ4v) is 2.17. The summed E-state index contributed by atoms with van der Waals surface area (Å²) in [5, 5.41) is 0. The molecule has 1 fully saturated rings. The van der Waals surface area contributed by atoms with E-state index < -0.39 is 0 Å². The number of ether oxygens (including phenoxy) is 2. The van der Waals surface area contributed by atoms with Crippen molar-refractivity contribution >= 4 is 5.91 Å². The molecule has 1 heterocycles. The maximum Gasteiger partial charge on any atom is 0.223 e. The molecule has 0 spiro atoms. The minimum Gasteiger partial charge on any atom is -0.494 e. The van der Waals surface area contributed by atoms with Gasteiger partial charge in [-0.3, -0.25) is 4.79 Å². The van der Waals surface area contributed by atoms with Crippen molar-refractivity contribution in [1.82, 2.24) is 4.90 Å². The van der Waals surface area contributed by atoms with Crippen molar-refractivity contribution in [3.8, 4) is 5.75 Å². The van der Waals surface area contributed by atoms with Crippen LogP contribution in [0.3, 0.4) is 0 Å². The van der Waals surface area contributed by atoms with Crippen LogP contribution in [0.4, 0.5) is 0 Å². The molecule has 4 nitrogen and oxygen atoms in total. The molecule has 0 bridgehead atoms. The van der Waals surface area contributed by atoms with E-state index in [0.717, 1.165) is 12.2 Å². The van der Waals surface area contributed by atoms with Crippen molar-refractivity contribution in [3.63, 3.8) is 0 Å². The molecule has 0 radical (unpaired) electrons. The molecule has 4 heteroatoms. The Balaban J connectivity index is 1.66. The normalized spacial score (nSPS) is 19.2. The van der Waals surface area contributed by atoms with Crippen molar-refractivity contribution in [2.75, 3.05) is 26.4 Å². The molecule has 1 aromatic carbocycles. The van der Waals surface area contributed by atoms with Crippen LogP contribution in [0.2, 0.25) is 0 Å². The van der Waals surface area contributed by atoms with E-state index in [2.05, 4.69) is 0 Å². The highest BCUT2D eigenvalue weighted by molar-refractivity contribution is 5.76. The summed E-state index contributed by atoms with van der Waals surface area (Å²) in [6.07, 6.45) is 1.29. The molecule has 0 N–H and O–H groups in total. The van der Waals surface area contributed by atoms with Gasteiger partial charge in [-0.1, -0.05) is 18.2 Å². The average Bonchev–Trinajstić information content (AvgIpc) is 2.45. The first-order chi connectivity index (χ1) is 9.27. The van der Waals surface area contributed by atoms with Crippen molar-refractivity contribution in [2.45, 2.75) is 25.8 Å². The third-order valence-corrected chi connectivity index (χ3v) is 3.23. The zero-order valence-corrected chi connectivity index (χ0v) is 11.4. The van der Waals surface area contributed by atoms with Gasteiger partial charge in [0, 0.05) is 13.0 Å². The van der Waals surface area contributed by atoms with Crippen molar-refractivity contribution in [1.29, 1.82) is 0 Å². The van der Waals surface area contributed by atoms with Gasteiger partial charge in [-0.25, -0.2) is 0 Å². The predicted octanol–water partition coefficient (Wildman–Crippen LogP) is 2.09. The van der Waals surface area contributed by atoms with Crippen LogP contribution in [0, 0.1) is 0 Å². The third kappa shape index (κ3) is 4.24. The van der Waals surface area contributed by atoms with Crippen LogP contribution in [-0.2, 0) is 9.53 Å². The van der Waals surface area contributed by atoms with Crippen molar-refractivity contribution in [3.05, 3.63) is 30.3 Å². The molecule has 1 aliphatic rings. The molecule has 19 heavy (non-hydrogen) atoms. The van der Waals surface area contributed by atoms with E-state index >= 15 is 0 Å². The van der Waals surface area contributed by atoms with Crippen LogP contribution in [0.25, 0.3) is 0 Å².